The molecule has 23 heavy (non-hydrogen) atoms. The van der Waals surface area contributed by atoms with E-state index in [4.69, 9.17) is 0 Å². The van der Waals surface area contributed by atoms with Crippen LogP contribution in [0.5, 0.6) is 0 Å². The zero-order valence-corrected chi connectivity index (χ0v) is 14.4. The summed E-state index contributed by atoms with van der Waals surface area (Å²) in [5.41, 5.74) is 3.74. The largest absolute Gasteiger partial charge is 0.310 e. The molecule has 2 fully saturated rings. The number of fused-ring (bicyclic) bond motifs is 2. The van der Waals surface area contributed by atoms with Crippen molar-refractivity contribution in [1.82, 2.24) is 20.0 Å². The molecule has 5 heteroatoms. The van der Waals surface area contributed by atoms with Crippen LogP contribution < -0.4 is 5.32 Å². The van der Waals surface area contributed by atoms with Crippen LogP contribution in [0.15, 0.2) is 36.5 Å². The maximum atomic E-state index is 4.56. The molecule has 2 atom stereocenters. The lowest BCUT2D eigenvalue weighted by Crippen LogP contribution is -2.35. The number of nitrogens with one attached hydrogen (secondary N) is 1. The first kappa shape index (κ1) is 16.5. The average Bonchev–Trinajstić information content (AvgIpc) is 3.09. The van der Waals surface area contributed by atoms with E-state index in [-0.39, 0.29) is 12.4 Å². The van der Waals surface area contributed by atoms with Crippen LogP contribution in [0.3, 0.4) is 0 Å². The van der Waals surface area contributed by atoms with Gasteiger partial charge in [-0.25, -0.2) is 4.68 Å². The van der Waals surface area contributed by atoms with Gasteiger partial charge in [0.1, 0.15) is 0 Å². The van der Waals surface area contributed by atoms with Gasteiger partial charge in [-0.3, -0.25) is 4.90 Å². The molecular weight excluding hydrogens is 308 g/mol. The van der Waals surface area contributed by atoms with Crippen LogP contribution in [0.25, 0.3) is 5.69 Å². The summed E-state index contributed by atoms with van der Waals surface area (Å²) in [6.07, 6.45) is 5.89. The molecule has 0 spiro atoms. The molecule has 2 saturated heterocycles. The quantitative estimate of drug-likeness (QED) is 0.938. The summed E-state index contributed by atoms with van der Waals surface area (Å²) in [5, 5.41) is 8.31. The van der Waals surface area contributed by atoms with E-state index < -0.39 is 0 Å². The minimum absolute atomic E-state index is 0. The third-order valence-corrected chi connectivity index (χ3v) is 5.06. The second kappa shape index (κ2) is 7.04. The Morgan fingerprint density at radius 3 is 2.83 bits per heavy atom. The molecule has 0 saturated carbocycles. The van der Waals surface area contributed by atoms with Crippen molar-refractivity contribution in [3.05, 3.63) is 47.8 Å². The van der Waals surface area contributed by atoms with Crippen LogP contribution in [0.2, 0.25) is 0 Å². The minimum atomic E-state index is 0. The first-order valence-corrected chi connectivity index (χ1v) is 8.37. The van der Waals surface area contributed by atoms with Gasteiger partial charge in [-0.15, -0.1) is 12.4 Å². The van der Waals surface area contributed by atoms with Crippen molar-refractivity contribution in [2.45, 2.75) is 44.8 Å². The van der Waals surface area contributed by atoms with E-state index >= 15 is 0 Å². The van der Waals surface area contributed by atoms with Gasteiger partial charge in [-0.2, -0.15) is 5.10 Å². The second-order valence-corrected chi connectivity index (χ2v) is 6.68. The summed E-state index contributed by atoms with van der Waals surface area (Å²) in [6.45, 7) is 5.48. The van der Waals surface area contributed by atoms with E-state index in [1.165, 1.54) is 42.8 Å². The smallest absolute Gasteiger partial charge is 0.0678 e. The highest BCUT2D eigenvalue weighted by atomic mass is 35.5. The second-order valence-electron chi connectivity index (χ2n) is 6.68. The topological polar surface area (TPSA) is 33.1 Å². The summed E-state index contributed by atoms with van der Waals surface area (Å²) in [4.78, 5) is 2.59. The number of aromatic nitrogens is 2. The van der Waals surface area contributed by atoms with Crippen molar-refractivity contribution < 1.29 is 0 Å². The Morgan fingerprint density at radius 2 is 1.96 bits per heavy atom. The zero-order chi connectivity index (χ0) is 14.9. The Morgan fingerprint density at radius 1 is 1.13 bits per heavy atom. The van der Waals surface area contributed by atoms with Crippen LogP contribution >= 0.6 is 12.4 Å². The number of rotatable bonds is 3. The van der Waals surface area contributed by atoms with Crippen LogP contribution in [-0.2, 0) is 6.54 Å². The maximum absolute atomic E-state index is 4.56. The molecule has 2 aliphatic rings. The lowest BCUT2D eigenvalue weighted by atomic mass is 10.1. The highest BCUT2D eigenvalue weighted by molar-refractivity contribution is 5.85. The number of nitrogens with zero attached hydrogens (tertiary/aromatic N) is 3. The fraction of sp³-hybridized carbons (Fsp3) is 0.500. The molecule has 2 unspecified atom stereocenters. The summed E-state index contributed by atoms with van der Waals surface area (Å²) in [6, 6.07) is 12.1. The third kappa shape index (κ3) is 3.44. The fourth-order valence-corrected chi connectivity index (χ4v) is 3.86. The highest BCUT2D eigenvalue weighted by Gasteiger charge is 2.29. The summed E-state index contributed by atoms with van der Waals surface area (Å²) >= 11 is 0. The van der Waals surface area contributed by atoms with Gasteiger partial charge in [0.05, 0.1) is 11.4 Å². The maximum Gasteiger partial charge on any atom is 0.0678 e. The van der Waals surface area contributed by atoms with Crippen molar-refractivity contribution in [1.29, 1.82) is 0 Å². The number of hydrogen-bond acceptors (Lipinski definition) is 3. The van der Waals surface area contributed by atoms with Crippen LogP contribution in [-0.4, -0.2) is 39.9 Å². The number of halogens is 1. The number of hydrogen-bond donors (Lipinski definition) is 1. The van der Waals surface area contributed by atoms with Crippen molar-refractivity contribution in [2.75, 3.05) is 13.1 Å². The zero-order valence-electron chi connectivity index (χ0n) is 13.6. The molecule has 1 N–H and O–H groups in total. The molecule has 124 valence electrons. The Bertz CT molecular complexity index is 654. The van der Waals surface area contributed by atoms with Crippen LogP contribution in [0, 0.1) is 6.92 Å². The Labute approximate surface area is 144 Å². The van der Waals surface area contributed by atoms with Crippen molar-refractivity contribution in [2.24, 2.45) is 0 Å². The van der Waals surface area contributed by atoms with E-state index in [1.807, 2.05) is 6.20 Å². The summed E-state index contributed by atoms with van der Waals surface area (Å²) in [7, 11) is 0. The van der Waals surface area contributed by atoms with Gasteiger partial charge in [0.15, 0.2) is 0 Å². The Kier molecular flexibility index (Phi) is 5.05. The van der Waals surface area contributed by atoms with Gasteiger partial charge in [0.25, 0.3) is 0 Å². The molecule has 4 rings (SSSR count). The van der Waals surface area contributed by atoms with Gasteiger partial charge < -0.3 is 5.32 Å². The van der Waals surface area contributed by atoms with Crippen molar-refractivity contribution in [3.63, 3.8) is 0 Å². The van der Waals surface area contributed by atoms with E-state index in [1.54, 1.807) is 0 Å². The third-order valence-electron chi connectivity index (χ3n) is 5.06. The fourth-order valence-electron chi connectivity index (χ4n) is 3.86. The molecule has 2 aliphatic heterocycles. The normalized spacial score (nSPS) is 24.2. The van der Waals surface area contributed by atoms with Gasteiger partial charge in [-0.05, 0) is 43.9 Å². The molecule has 0 radical (unpaired) electrons. The van der Waals surface area contributed by atoms with Gasteiger partial charge in [0.2, 0.25) is 0 Å². The average molecular weight is 333 g/mol. The highest BCUT2D eigenvalue weighted by Crippen LogP contribution is 2.22. The molecule has 2 aromatic rings. The van der Waals surface area contributed by atoms with E-state index in [0.29, 0.717) is 6.04 Å². The van der Waals surface area contributed by atoms with E-state index in [0.717, 1.165) is 19.1 Å². The van der Waals surface area contributed by atoms with Crippen LogP contribution in [0.1, 0.15) is 30.5 Å². The lowest BCUT2D eigenvalue weighted by Gasteiger charge is -2.24. The number of aryl methyl sites for hydroxylation is 1. The van der Waals surface area contributed by atoms with Crippen molar-refractivity contribution >= 4 is 12.4 Å². The van der Waals surface area contributed by atoms with Gasteiger partial charge in [0, 0.05) is 37.9 Å². The van der Waals surface area contributed by atoms with Gasteiger partial charge in [-0.1, -0.05) is 18.2 Å². The SMILES string of the molecule is Cc1ccccc1-n1nccc1CN1CCC2CCC(C1)N2.Cl. The summed E-state index contributed by atoms with van der Waals surface area (Å²) < 4.78 is 2.10. The molecule has 1 aromatic carbocycles. The Balaban J connectivity index is 0.00000156. The molecule has 0 amide bonds. The minimum Gasteiger partial charge on any atom is -0.310 e. The van der Waals surface area contributed by atoms with Gasteiger partial charge >= 0.3 is 0 Å². The first-order chi connectivity index (χ1) is 10.8. The van der Waals surface area contributed by atoms with Crippen LogP contribution in [0.4, 0.5) is 0 Å². The summed E-state index contributed by atoms with van der Waals surface area (Å²) in [5.74, 6) is 0. The molecular formula is C18H25ClN4. The lowest BCUT2D eigenvalue weighted by molar-refractivity contribution is 0.246. The number of benzene rings is 1. The van der Waals surface area contributed by atoms with E-state index in [2.05, 4.69) is 57.3 Å². The Hall–Kier alpha value is -1.36. The number of likely N-dealkylation sites (tertiary alicyclic amines) is 1. The standard InChI is InChI=1S/C18H24N4.ClH/c1-14-4-2-3-5-18(14)22-17(8-10-19-22)13-21-11-9-15-6-7-16(12-21)20-15;/h2-5,8,10,15-16,20H,6-7,9,11-13H2,1H3;1H. The molecule has 2 bridgehead atoms. The molecule has 0 aliphatic carbocycles. The van der Waals surface area contributed by atoms with E-state index in [9.17, 15) is 0 Å². The number of para-hydroxylation sites is 1. The predicted molar refractivity (Wildman–Crippen MR) is 95.4 cm³/mol. The predicted octanol–water partition coefficient (Wildman–Crippen LogP) is 2.93. The molecule has 4 nitrogen and oxygen atoms in total. The molecule has 1 aromatic heterocycles. The van der Waals surface area contributed by atoms with Crippen molar-refractivity contribution in [3.8, 4) is 5.69 Å². The monoisotopic (exact) mass is 332 g/mol. The first-order valence-electron chi connectivity index (χ1n) is 8.37. The molecule has 3 heterocycles.